The number of esters is 1. The number of halogens is 2. The Bertz CT molecular complexity index is 485. The van der Waals surface area contributed by atoms with Crippen LogP contribution in [0.25, 0.3) is 0 Å². The van der Waals surface area contributed by atoms with E-state index in [4.69, 9.17) is 0 Å². The zero-order chi connectivity index (χ0) is 11.9. The van der Waals surface area contributed by atoms with Gasteiger partial charge in [-0.05, 0) is 18.2 Å². The summed E-state index contributed by atoms with van der Waals surface area (Å²) in [6, 6.07) is 4.89. The topological polar surface area (TPSA) is 55.4 Å². The molecule has 4 nitrogen and oxygen atoms in total. The molecule has 1 heterocycles. The highest BCUT2D eigenvalue weighted by atomic mass is 79.9. The molecule has 1 N–H and O–H groups in total. The van der Waals surface area contributed by atoms with E-state index >= 15 is 0 Å². The lowest BCUT2D eigenvalue weighted by Gasteiger charge is -2.11. The third kappa shape index (κ3) is 1.66. The van der Waals surface area contributed by atoms with Crippen LogP contribution in [0.5, 0.6) is 0 Å². The first-order valence-corrected chi connectivity index (χ1v) is 5.97. The third-order valence-electron chi connectivity index (χ3n) is 2.31. The van der Waals surface area contributed by atoms with Crippen LogP contribution < -0.4 is 5.32 Å². The van der Waals surface area contributed by atoms with Gasteiger partial charge in [-0.2, -0.15) is 0 Å². The molecule has 0 saturated carbocycles. The van der Waals surface area contributed by atoms with Gasteiger partial charge in [0.2, 0.25) is 0 Å². The van der Waals surface area contributed by atoms with E-state index in [0.717, 1.165) is 0 Å². The van der Waals surface area contributed by atoms with E-state index in [0.29, 0.717) is 16.8 Å². The predicted molar refractivity (Wildman–Crippen MR) is 65.9 cm³/mol. The Hall–Kier alpha value is -0.880. The number of alkyl halides is 2. The van der Waals surface area contributed by atoms with Gasteiger partial charge in [-0.25, -0.2) is 4.79 Å². The second-order valence-electron chi connectivity index (χ2n) is 3.28. The summed E-state index contributed by atoms with van der Waals surface area (Å²) >= 11 is 6.53. The monoisotopic (exact) mass is 347 g/mol. The largest absolute Gasteiger partial charge is 0.465 e. The fourth-order valence-electron chi connectivity index (χ4n) is 1.48. The summed E-state index contributed by atoms with van der Waals surface area (Å²) in [7, 11) is 1.31. The Morgan fingerprint density at radius 3 is 2.75 bits per heavy atom. The van der Waals surface area contributed by atoms with E-state index < -0.39 is 9.20 Å². The molecule has 0 saturated heterocycles. The van der Waals surface area contributed by atoms with Crippen molar-refractivity contribution in [2.24, 2.45) is 0 Å². The van der Waals surface area contributed by atoms with E-state index in [9.17, 15) is 9.59 Å². The number of amides is 1. The van der Waals surface area contributed by atoms with Crippen LogP contribution in [0.2, 0.25) is 0 Å². The maximum atomic E-state index is 11.6. The fourth-order valence-corrected chi connectivity index (χ4v) is 2.34. The molecule has 0 aromatic heterocycles. The molecule has 0 aliphatic carbocycles. The average Bonchev–Trinajstić information content (AvgIpc) is 2.49. The van der Waals surface area contributed by atoms with Crippen LogP contribution in [-0.4, -0.2) is 19.0 Å². The van der Waals surface area contributed by atoms with Crippen molar-refractivity contribution in [1.82, 2.24) is 0 Å². The van der Waals surface area contributed by atoms with Crippen molar-refractivity contribution in [3.63, 3.8) is 0 Å². The fraction of sp³-hybridized carbons (Fsp3) is 0.200. The van der Waals surface area contributed by atoms with Gasteiger partial charge in [0, 0.05) is 11.3 Å². The molecule has 1 amide bonds. The zero-order valence-electron chi connectivity index (χ0n) is 8.21. The van der Waals surface area contributed by atoms with Gasteiger partial charge in [-0.3, -0.25) is 4.79 Å². The molecule has 1 aliphatic heterocycles. The number of rotatable bonds is 1. The molecule has 1 aromatic rings. The number of nitrogens with one attached hydrogen (secondary N) is 1. The van der Waals surface area contributed by atoms with Crippen LogP contribution >= 0.6 is 31.9 Å². The molecule has 1 aliphatic rings. The zero-order valence-corrected chi connectivity index (χ0v) is 11.4. The highest BCUT2D eigenvalue weighted by molar-refractivity contribution is 9.25. The second kappa shape index (κ2) is 3.85. The molecule has 0 fully saturated rings. The first-order chi connectivity index (χ1) is 7.46. The van der Waals surface area contributed by atoms with Gasteiger partial charge in [-0.15, -0.1) is 0 Å². The Kier molecular flexibility index (Phi) is 2.79. The number of methoxy groups -OCH3 is 1. The van der Waals surface area contributed by atoms with Crippen molar-refractivity contribution in [2.75, 3.05) is 12.4 Å². The molecule has 0 spiro atoms. The number of anilines is 1. The molecule has 84 valence electrons. The first-order valence-electron chi connectivity index (χ1n) is 4.39. The number of hydrogen-bond acceptors (Lipinski definition) is 3. The van der Waals surface area contributed by atoms with Gasteiger partial charge >= 0.3 is 5.97 Å². The van der Waals surface area contributed by atoms with E-state index in [1.807, 2.05) is 0 Å². The molecule has 0 radical (unpaired) electrons. The highest BCUT2D eigenvalue weighted by Gasteiger charge is 2.42. The lowest BCUT2D eigenvalue weighted by molar-refractivity contribution is -0.115. The number of benzene rings is 1. The molecular formula is C10H7Br2NO3. The van der Waals surface area contributed by atoms with Crippen molar-refractivity contribution < 1.29 is 14.3 Å². The van der Waals surface area contributed by atoms with Crippen LogP contribution in [0.3, 0.4) is 0 Å². The SMILES string of the molecule is COC(=O)c1ccc2c(c1)C(Br)(Br)C(=O)N2. The Morgan fingerprint density at radius 2 is 2.12 bits per heavy atom. The van der Waals surface area contributed by atoms with Crippen LogP contribution in [0.15, 0.2) is 18.2 Å². The van der Waals surface area contributed by atoms with Crippen LogP contribution in [0.1, 0.15) is 15.9 Å². The molecule has 0 unspecified atom stereocenters. The van der Waals surface area contributed by atoms with Crippen LogP contribution in [0, 0.1) is 0 Å². The summed E-state index contributed by atoms with van der Waals surface area (Å²) in [4.78, 5) is 22.9. The minimum atomic E-state index is -0.973. The second-order valence-corrected chi connectivity index (χ2v) is 6.72. The third-order valence-corrected chi connectivity index (χ3v) is 3.89. The standard InChI is InChI=1S/C10H7Br2NO3/c1-16-8(14)5-2-3-7-6(4-5)10(11,12)9(15)13-7/h2-4H,1H3,(H,13,15). The van der Waals surface area contributed by atoms with Crippen LogP contribution in [0.4, 0.5) is 5.69 Å². The smallest absolute Gasteiger partial charge is 0.337 e. The maximum Gasteiger partial charge on any atom is 0.337 e. The number of hydrogen-bond donors (Lipinski definition) is 1. The highest BCUT2D eigenvalue weighted by Crippen LogP contribution is 2.47. The molecule has 0 atom stereocenters. The summed E-state index contributed by atoms with van der Waals surface area (Å²) in [6.45, 7) is 0. The average molecular weight is 349 g/mol. The lowest BCUT2D eigenvalue weighted by Crippen LogP contribution is -2.20. The minimum Gasteiger partial charge on any atom is -0.465 e. The number of ether oxygens (including phenoxy) is 1. The van der Waals surface area contributed by atoms with E-state index in [1.165, 1.54) is 7.11 Å². The molecule has 6 heteroatoms. The molecule has 16 heavy (non-hydrogen) atoms. The predicted octanol–water partition coefficient (Wildman–Crippen LogP) is 2.37. The Labute approximate surface area is 109 Å². The molecule has 1 aromatic carbocycles. The van der Waals surface area contributed by atoms with E-state index in [2.05, 4.69) is 41.9 Å². The van der Waals surface area contributed by atoms with Crippen molar-refractivity contribution in [3.8, 4) is 0 Å². The lowest BCUT2D eigenvalue weighted by atomic mass is 10.1. The Balaban J connectivity index is 2.52. The molecule has 2 rings (SSSR count). The summed E-state index contributed by atoms with van der Waals surface area (Å²) < 4.78 is 3.64. The van der Waals surface area contributed by atoms with Crippen molar-refractivity contribution in [3.05, 3.63) is 29.3 Å². The van der Waals surface area contributed by atoms with Crippen molar-refractivity contribution in [2.45, 2.75) is 3.23 Å². The van der Waals surface area contributed by atoms with Gasteiger partial charge < -0.3 is 10.1 Å². The van der Waals surface area contributed by atoms with Gasteiger partial charge in [-0.1, -0.05) is 31.9 Å². The summed E-state index contributed by atoms with van der Waals surface area (Å²) in [5.41, 5.74) is 1.74. The minimum absolute atomic E-state index is 0.218. The van der Waals surface area contributed by atoms with Gasteiger partial charge in [0.1, 0.15) is 0 Å². The van der Waals surface area contributed by atoms with E-state index in [-0.39, 0.29) is 5.91 Å². The summed E-state index contributed by atoms with van der Waals surface area (Å²) in [5.74, 6) is -0.650. The molecular weight excluding hydrogens is 342 g/mol. The van der Waals surface area contributed by atoms with E-state index in [1.54, 1.807) is 18.2 Å². The van der Waals surface area contributed by atoms with Gasteiger partial charge in [0.25, 0.3) is 5.91 Å². The first kappa shape index (κ1) is 11.6. The van der Waals surface area contributed by atoms with Crippen LogP contribution in [-0.2, 0) is 12.8 Å². The summed E-state index contributed by atoms with van der Waals surface area (Å²) in [5, 5.41) is 2.69. The van der Waals surface area contributed by atoms with Crippen molar-refractivity contribution in [1.29, 1.82) is 0 Å². The number of fused-ring (bicyclic) bond motifs is 1. The van der Waals surface area contributed by atoms with Gasteiger partial charge in [0.05, 0.1) is 12.7 Å². The quantitative estimate of drug-likeness (QED) is 0.626. The summed E-state index contributed by atoms with van der Waals surface area (Å²) in [6.07, 6.45) is 0. The normalized spacial score (nSPS) is 16.6. The Morgan fingerprint density at radius 1 is 1.44 bits per heavy atom. The van der Waals surface area contributed by atoms with Crippen molar-refractivity contribution >= 4 is 49.4 Å². The number of carbonyl (C=O) groups excluding carboxylic acids is 2. The maximum absolute atomic E-state index is 11.6. The molecule has 0 bridgehead atoms. The van der Waals surface area contributed by atoms with Gasteiger partial charge in [0.15, 0.2) is 3.23 Å². The number of carbonyl (C=O) groups is 2.